The van der Waals surface area contributed by atoms with Crippen LogP contribution < -0.4 is 15.1 Å². The zero-order chi connectivity index (χ0) is 30.2. The highest BCUT2D eigenvalue weighted by molar-refractivity contribution is 6.31. The quantitative estimate of drug-likeness (QED) is 0.382. The molecule has 1 unspecified atom stereocenters. The molecule has 1 saturated heterocycles. The Morgan fingerprint density at radius 3 is 2.55 bits per heavy atom. The summed E-state index contributed by atoms with van der Waals surface area (Å²) in [7, 11) is 0. The summed E-state index contributed by atoms with van der Waals surface area (Å²) >= 11 is 6.46. The number of rotatable bonds is 7. The fourth-order valence-corrected chi connectivity index (χ4v) is 5.44. The molecule has 1 aromatic heterocycles. The van der Waals surface area contributed by atoms with Gasteiger partial charge in [-0.25, -0.2) is 22.5 Å². The van der Waals surface area contributed by atoms with E-state index in [0.29, 0.717) is 0 Å². The van der Waals surface area contributed by atoms with Gasteiger partial charge in [0.2, 0.25) is 11.8 Å². The van der Waals surface area contributed by atoms with Gasteiger partial charge in [-0.05, 0) is 36.8 Å². The lowest BCUT2D eigenvalue weighted by Gasteiger charge is -2.39. The molecule has 2 heterocycles. The number of pyridine rings is 1. The minimum Gasteiger partial charge on any atom is -0.351 e. The predicted molar refractivity (Wildman–Crippen MR) is 144 cm³/mol. The summed E-state index contributed by atoms with van der Waals surface area (Å²) in [6.07, 6.45) is -0.401. The molecule has 2 aromatic carbocycles. The second-order valence-corrected chi connectivity index (χ2v) is 10.4. The third-order valence-electron chi connectivity index (χ3n) is 7.18. The smallest absolute Gasteiger partial charge is 0.252 e. The lowest BCUT2D eigenvalue weighted by molar-refractivity contribution is -0.133. The van der Waals surface area contributed by atoms with Crippen molar-refractivity contribution < 1.29 is 31.9 Å². The van der Waals surface area contributed by atoms with Gasteiger partial charge in [0.25, 0.3) is 11.8 Å². The van der Waals surface area contributed by atoms with E-state index in [1.807, 2.05) is 0 Å². The molecule has 1 aliphatic carbocycles. The Morgan fingerprint density at radius 1 is 1.14 bits per heavy atom. The Morgan fingerprint density at radius 2 is 1.88 bits per heavy atom. The van der Waals surface area contributed by atoms with Crippen LogP contribution in [0.2, 0.25) is 5.02 Å². The fraction of sp³-hybridized carbons (Fsp3) is 0.276. The highest BCUT2D eigenvalue weighted by Gasteiger charge is 2.49. The Kier molecular flexibility index (Phi) is 7.88. The number of aromatic nitrogens is 1. The molecule has 13 heteroatoms. The maximum absolute atomic E-state index is 15.2. The average molecular weight is 600 g/mol. The van der Waals surface area contributed by atoms with Crippen LogP contribution in [0.5, 0.6) is 0 Å². The zero-order valence-electron chi connectivity index (χ0n) is 21.7. The van der Waals surface area contributed by atoms with Crippen molar-refractivity contribution in [1.29, 1.82) is 5.26 Å². The molecule has 0 spiro atoms. The van der Waals surface area contributed by atoms with E-state index in [1.54, 1.807) is 18.2 Å². The molecule has 1 aliphatic heterocycles. The Bertz CT molecular complexity index is 1610. The number of hydrogen-bond donors (Lipinski definition) is 1. The van der Waals surface area contributed by atoms with Crippen molar-refractivity contribution in [3.05, 3.63) is 88.6 Å². The van der Waals surface area contributed by atoms with E-state index in [2.05, 4.69) is 10.3 Å². The predicted octanol–water partition coefficient (Wildman–Crippen LogP) is 5.07. The molecule has 2 atom stereocenters. The molecule has 0 bridgehead atoms. The van der Waals surface area contributed by atoms with Crippen LogP contribution >= 0.6 is 11.6 Å². The van der Waals surface area contributed by atoms with E-state index in [1.165, 1.54) is 24.3 Å². The number of nitriles is 1. The van der Waals surface area contributed by atoms with Gasteiger partial charge in [0.05, 0.1) is 5.56 Å². The van der Waals surface area contributed by atoms with Crippen molar-refractivity contribution >= 4 is 40.8 Å². The largest absolute Gasteiger partial charge is 0.351 e. The highest BCUT2D eigenvalue weighted by Crippen LogP contribution is 2.40. The van der Waals surface area contributed by atoms with Crippen LogP contribution in [-0.2, 0) is 14.4 Å². The molecule has 1 saturated carbocycles. The number of alkyl halides is 2. The second-order valence-electron chi connectivity index (χ2n) is 10.0. The maximum atomic E-state index is 15.2. The Balaban J connectivity index is 1.62. The van der Waals surface area contributed by atoms with Gasteiger partial charge in [-0.2, -0.15) is 5.26 Å². The van der Waals surface area contributed by atoms with Crippen molar-refractivity contribution in [3.8, 4) is 6.07 Å². The summed E-state index contributed by atoms with van der Waals surface area (Å²) in [5, 5.41) is 11.9. The van der Waals surface area contributed by atoms with Crippen LogP contribution in [0.15, 0.2) is 60.8 Å². The molecule has 2 fully saturated rings. The summed E-state index contributed by atoms with van der Waals surface area (Å²) < 4.78 is 56.8. The first-order chi connectivity index (χ1) is 20.0. The molecule has 216 valence electrons. The van der Waals surface area contributed by atoms with Gasteiger partial charge in [-0.15, -0.1) is 0 Å². The van der Waals surface area contributed by atoms with Gasteiger partial charge in [0.1, 0.15) is 24.0 Å². The normalized spacial score (nSPS) is 18.6. The van der Waals surface area contributed by atoms with Crippen molar-refractivity contribution in [1.82, 2.24) is 10.3 Å². The number of benzene rings is 2. The van der Waals surface area contributed by atoms with Crippen molar-refractivity contribution in [2.45, 2.75) is 49.7 Å². The zero-order valence-corrected chi connectivity index (χ0v) is 22.5. The summed E-state index contributed by atoms with van der Waals surface area (Å²) in [6, 6.07) is 9.67. The first-order valence-electron chi connectivity index (χ1n) is 12.9. The third-order valence-corrected chi connectivity index (χ3v) is 7.53. The average Bonchev–Trinajstić information content (AvgIpc) is 3.32. The van der Waals surface area contributed by atoms with Crippen LogP contribution in [-0.4, -0.2) is 40.7 Å². The van der Waals surface area contributed by atoms with Crippen LogP contribution in [0.4, 0.5) is 29.1 Å². The van der Waals surface area contributed by atoms with Crippen LogP contribution in [0.25, 0.3) is 0 Å². The summed E-state index contributed by atoms with van der Waals surface area (Å²) in [4.78, 5) is 46.8. The number of nitrogens with zero attached hydrogens (tertiary/aromatic N) is 4. The summed E-state index contributed by atoms with van der Waals surface area (Å²) in [6.45, 7) is 0. The van der Waals surface area contributed by atoms with Gasteiger partial charge in [-0.1, -0.05) is 35.9 Å². The number of nitrogens with one attached hydrogen (secondary N) is 1. The van der Waals surface area contributed by atoms with Crippen LogP contribution in [0.3, 0.4) is 0 Å². The summed E-state index contributed by atoms with van der Waals surface area (Å²) in [5.41, 5.74) is -0.400. The molecular formula is C29H22ClF4N5O3. The second kappa shape index (κ2) is 11.4. The van der Waals surface area contributed by atoms with E-state index in [-0.39, 0.29) is 29.1 Å². The Labute approximate surface area is 242 Å². The first kappa shape index (κ1) is 29.0. The number of carbonyl (C=O) groups excluding carboxylic acids is 3. The highest BCUT2D eigenvalue weighted by atomic mass is 35.5. The van der Waals surface area contributed by atoms with Crippen molar-refractivity contribution in [2.24, 2.45) is 0 Å². The standard InChI is InChI=1S/C29H22ClF4N5O3/c30-21-7-2-1-6-20(21)25(27(41)37-18-13-29(33,34)14-18)38(19-5-3-4-17(31)12-19)28(42)22-8-9-23(40)39(22)26-24(32)16(15-35)10-11-36-26/h1-7,10-12,18,22,25H,8-9,13-14H2,(H,37,41)/t22?,25-/m0/s1. The number of carbonyl (C=O) groups is 3. The minimum atomic E-state index is -2.95. The van der Waals surface area contributed by atoms with E-state index >= 15 is 4.39 Å². The van der Waals surface area contributed by atoms with E-state index in [4.69, 9.17) is 11.6 Å². The molecule has 5 rings (SSSR count). The lowest BCUT2D eigenvalue weighted by atomic mass is 9.87. The minimum absolute atomic E-state index is 0.0552. The van der Waals surface area contributed by atoms with Gasteiger partial charge in [0.15, 0.2) is 11.6 Å². The number of halogens is 5. The number of anilines is 2. The monoisotopic (exact) mass is 599 g/mol. The summed E-state index contributed by atoms with van der Waals surface area (Å²) in [5.74, 6) is -7.81. The molecular weight excluding hydrogens is 578 g/mol. The maximum Gasteiger partial charge on any atom is 0.252 e. The van der Waals surface area contributed by atoms with Gasteiger partial charge in [0, 0.05) is 47.8 Å². The lowest BCUT2D eigenvalue weighted by Crippen LogP contribution is -2.56. The molecule has 8 nitrogen and oxygen atoms in total. The molecule has 3 aromatic rings. The topological polar surface area (TPSA) is 106 Å². The molecule has 0 radical (unpaired) electrons. The number of hydrogen-bond acceptors (Lipinski definition) is 5. The van der Waals surface area contributed by atoms with Crippen molar-refractivity contribution in [2.75, 3.05) is 9.80 Å². The molecule has 42 heavy (non-hydrogen) atoms. The number of amides is 3. The third kappa shape index (κ3) is 5.52. The van der Waals surface area contributed by atoms with E-state index in [0.717, 1.165) is 34.2 Å². The molecule has 1 N–H and O–H groups in total. The molecule has 2 aliphatic rings. The van der Waals surface area contributed by atoms with Crippen LogP contribution in [0.1, 0.15) is 42.9 Å². The Hall–Kier alpha value is -4.50. The van der Waals surface area contributed by atoms with Gasteiger partial charge in [-0.3, -0.25) is 24.2 Å². The van der Waals surface area contributed by atoms with Gasteiger partial charge >= 0.3 is 0 Å². The fourth-order valence-electron chi connectivity index (χ4n) is 5.20. The van der Waals surface area contributed by atoms with E-state index < -0.39 is 77.6 Å². The van der Waals surface area contributed by atoms with E-state index in [9.17, 15) is 32.8 Å². The van der Waals surface area contributed by atoms with Gasteiger partial charge < -0.3 is 5.32 Å². The SMILES string of the molecule is N#Cc1ccnc(N2C(=O)CCC2C(=O)N(c2cccc(F)c2)[C@H](C(=O)NC2CC(F)(F)C2)c2ccccc2Cl)c1F. The van der Waals surface area contributed by atoms with Crippen LogP contribution in [0, 0.1) is 23.0 Å². The molecule has 3 amide bonds. The van der Waals surface area contributed by atoms with Crippen molar-refractivity contribution in [3.63, 3.8) is 0 Å². The first-order valence-corrected chi connectivity index (χ1v) is 13.3.